The number of sulfone groups is 1. The largest absolute Gasteiger partial charge is 0.317 e. The van der Waals surface area contributed by atoms with Crippen LogP contribution >= 0.6 is 11.6 Å². The maximum absolute atomic E-state index is 12.1. The van der Waals surface area contributed by atoms with Crippen molar-refractivity contribution >= 4 is 21.4 Å². The first kappa shape index (κ1) is 12.9. The van der Waals surface area contributed by atoms with Gasteiger partial charge in [0.05, 0.1) is 10.6 Å². The summed E-state index contributed by atoms with van der Waals surface area (Å²) in [4.78, 5) is 0.375. The second kappa shape index (κ2) is 5.38. The van der Waals surface area contributed by atoms with Crippen LogP contribution in [0.2, 0.25) is 5.02 Å². The summed E-state index contributed by atoms with van der Waals surface area (Å²) < 4.78 is 24.3. The first-order valence-electron chi connectivity index (χ1n) is 5.77. The van der Waals surface area contributed by atoms with E-state index in [0.29, 0.717) is 9.92 Å². The molecule has 1 saturated heterocycles. The molecule has 0 unspecified atom stereocenters. The summed E-state index contributed by atoms with van der Waals surface area (Å²) in [6.45, 7) is 1.83. The predicted molar refractivity (Wildman–Crippen MR) is 69.1 cm³/mol. The number of hydrogen-bond donors (Lipinski definition) is 1. The molecule has 3 nitrogen and oxygen atoms in total. The van der Waals surface area contributed by atoms with E-state index < -0.39 is 9.84 Å². The van der Waals surface area contributed by atoms with Gasteiger partial charge in [-0.05, 0) is 56.1 Å². The number of piperidine rings is 1. The summed E-state index contributed by atoms with van der Waals surface area (Å²) >= 11 is 5.75. The topological polar surface area (TPSA) is 46.2 Å². The Kier molecular flexibility index (Phi) is 4.07. The third-order valence-electron chi connectivity index (χ3n) is 3.09. The highest BCUT2D eigenvalue weighted by molar-refractivity contribution is 7.91. The van der Waals surface area contributed by atoms with Crippen molar-refractivity contribution in [1.29, 1.82) is 0 Å². The molecule has 1 aromatic rings. The number of nitrogens with one attached hydrogen (secondary N) is 1. The molecule has 1 heterocycles. The van der Waals surface area contributed by atoms with Crippen LogP contribution in [0.5, 0.6) is 0 Å². The van der Waals surface area contributed by atoms with Gasteiger partial charge in [-0.3, -0.25) is 0 Å². The molecular weight excluding hydrogens is 258 g/mol. The molecule has 1 fully saturated rings. The number of hydrogen-bond acceptors (Lipinski definition) is 3. The van der Waals surface area contributed by atoms with Crippen molar-refractivity contribution in [3.8, 4) is 0 Å². The number of halogens is 1. The summed E-state index contributed by atoms with van der Waals surface area (Å²) in [5.41, 5.74) is 0. The molecule has 0 aliphatic carbocycles. The molecule has 2 rings (SSSR count). The summed E-state index contributed by atoms with van der Waals surface area (Å²) in [6.07, 6.45) is 1.87. The highest BCUT2D eigenvalue weighted by Gasteiger charge is 2.22. The molecule has 1 aliphatic rings. The van der Waals surface area contributed by atoms with Crippen molar-refractivity contribution in [1.82, 2.24) is 5.32 Å². The smallest absolute Gasteiger partial charge is 0.178 e. The van der Waals surface area contributed by atoms with Gasteiger partial charge in [-0.25, -0.2) is 8.42 Å². The van der Waals surface area contributed by atoms with E-state index in [2.05, 4.69) is 5.32 Å². The summed E-state index contributed by atoms with van der Waals surface area (Å²) in [5, 5.41) is 3.80. The molecule has 0 bridgehead atoms. The van der Waals surface area contributed by atoms with E-state index in [-0.39, 0.29) is 11.7 Å². The number of rotatable bonds is 3. The standard InChI is InChI=1S/C12H16ClNO2S/c13-11-1-3-12(4-2-11)17(15,16)9-10-5-7-14-8-6-10/h1-4,10,14H,5-9H2. The molecule has 94 valence electrons. The van der Waals surface area contributed by atoms with Crippen LogP contribution in [0.1, 0.15) is 12.8 Å². The van der Waals surface area contributed by atoms with Crippen LogP contribution in [0.15, 0.2) is 29.2 Å². The van der Waals surface area contributed by atoms with Crippen molar-refractivity contribution < 1.29 is 8.42 Å². The van der Waals surface area contributed by atoms with Crippen molar-refractivity contribution in [3.63, 3.8) is 0 Å². The second-order valence-electron chi connectivity index (χ2n) is 4.43. The van der Waals surface area contributed by atoms with Gasteiger partial charge >= 0.3 is 0 Å². The van der Waals surface area contributed by atoms with Gasteiger partial charge in [-0.15, -0.1) is 0 Å². The Morgan fingerprint density at radius 2 is 1.76 bits per heavy atom. The van der Waals surface area contributed by atoms with Gasteiger partial charge in [0, 0.05) is 5.02 Å². The van der Waals surface area contributed by atoms with E-state index in [4.69, 9.17) is 11.6 Å². The van der Waals surface area contributed by atoms with E-state index >= 15 is 0 Å². The molecule has 1 N–H and O–H groups in total. The van der Waals surface area contributed by atoms with E-state index in [1.165, 1.54) is 0 Å². The van der Waals surface area contributed by atoms with Crippen molar-refractivity contribution in [2.75, 3.05) is 18.8 Å². The van der Waals surface area contributed by atoms with Crippen molar-refractivity contribution in [3.05, 3.63) is 29.3 Å². The number of benzene rings is 1. The van der Waals surface area contributed by atoms with Crippen molar-refractivity contribution in [2.45, 2.75) is 17.7 Å². The van der Waals surface area contributed by atoms with Gasteiger partial charge in [-0.1, -0.05) is 11.6 Å². The molecule has 0 amide bonds. The van der Waals surface area contributed by atoms with Crippen LogP contribution in [0, 0.1) is 5.92 Å². The molecule has 0 spiro atoms. The zero-order valence-electron chi connectivity index (χ0n) is 9.52. The monoisotopic (exact) mass is 273 g/mol. The molecule has 0 aromatic heterocycles. The Labute approximate surface area is 107 Å². The molecular formula is C12H16ClNO2S. The van der Waals surface area contributed by atoms with E-state index in [1.807, 2.05) is 0 Å². The zero-order chi connectivity index (χ0) is 12.3. The van der Waals surface area contributed by atoms with Crippen molar-refractivity contribution in [2.24, 2.45) is 5.92 Å². The van der Waals surface area contributed by atoms with Crippen LogP contribution in [0.3, 0.4) is 0 Å². The van der Waals surface area contributed by atoms with E-state index in [9.17, 15) is 8.42 Å². The fourth-order valence-electron chi connectivity index (χ4n) is 2.10. The first-order chi connectivity index (χ1) is 8.08. The minimum Gasteiger partial charge on any atom is -0.317 e. The third-order valence-corrected chi connectivity index (χ3v) is 5.24. The van der Waals surface area contributed by atoms with Crippen LogP contribution in [-0.2, 0) is 9.84 Å². The highest BCUT2D eigenvalue weighted by Crippen LogP contribution is 2.21. The lowest BCUT2D eigenvalue weighted by molar-refractivity contribution is 0.401. The Balaban J connectivity index is 2.10. The van der Waals surface area contributed by atoms with Gasteiger partial charge in [0.25, 0.3) is 0 Å². The minimum atomic E-state index is -3.16. The zero-order valence-corrected chi connectivity index (χ0v) is 11.1. The molecule has 0 atom stereocenters. The van der Waals surface area contributed by atoms with Gasteiger partial charge in [0.1, 0.15) is 0 Å². The van der Waals surface area contributed by atoms with Gasteiger partial charge in [-0.2, -0.15) is 0 Å². The summed E-state index contributed by atoms with van der Waals surface area (Å²) in [5.74, 6) is 0.521. The predicted octanol–water partition coefficient (Wildman–Crippen LogP) is 2.11. The normalized spacial score (nSPS) is 18.2. The molecule has 1 aromatic carbocycles. The molecule has 0 saturated carbocycles. The summed E-state index contributed by atoms with van der Waals surface area (Å²) in [6, 6.07) is 6.41. The van der Waals surface area contributed by atoms with Gasteiger partial charge in [0.15, 0.2) is 9.84 Å². The SMILES string of the molecule is O=S(=O)(CC1CCNCC1)c1ccc(Cl)cc1. The van der Waals surface area contributed by atoms with Gasteiger partial charge in [0.2, 0.25) is 0 Å². The average Bonchev–Trinajstić information content (AvgIpc) is 2.30. The third kappa shape index (κ3) is 3.44. The van der Waals surface area contributed by atoms with E-state index in [0.717, 1.165) is 25.9 Å². The fraction of sp³-hybridized carbons (Fsp3) is 0.500. The lowest BCUT2D eigenvalue weighted by atomic mass is 10.0. The quantitative estimate of drug-likeness (QED) is 0.918. The molecule has 1 aliphatic heterocycles. The molecule has 5 heteroatoms. The molecule has 17 heavy (non-hydrogen) atoms. The molecule has 0 radical (unpaired) electrons. The lowest BCUT2D eigenvalue weighted by Crippen LogP contribution is -2.31. The average molecular weight is 274 g/mol. The van der Waals surface area contributed by atoms with Crippen LogP contribution in [-0.4, -0.2) is 27.3 Å². The van der Waals surface area contributed by atoms with Crippen LogP contribution in [0.25, 0.3) is 0 Å². The lowest BCUT2D eigenvalue weighted by Gasteiger charge is -2.22. The fourth-order valence-corrected chi connectivity index (χ4v) is 3.92. The van der Waals surface area contributed by atoms with Crippen LogP contribution < -0.4 is 5.32 Å². The Bertz CT molecular complexity index is 464. The Hall–Kier alpha value is -0.580. The van der Waals surface area contributed by atoms with Gasteiger partial charge < -0.3 is 5.32 Å². The highest BCUT2D eigenvalue weighted by atomic mass is 35.5. The Morgan fingerprint density at radius 3 is 2.35 bits per heavy atom. The maximum atomic E-state index is 12.1. The summed E-state index contributed by atoms with van der Waals surface area (Å²) in [7, 11) is -3.16. The first-order valence-corrected chi connectivity index (χ1v) is 7.80. The maximum Gasteiger partial charge on any atom is 0.178 e. The van der Waals surface area contributed by atoms with E-state index in [1.54, 1.807) is 24.3 Å². The second-order valence-corrected chi connectivity index (χ2v) is 6.90. The van der Waals surface area contributed by atoms with Crippen LogP contribution in [0.4, 0.5) is 0 Å². The Morgan fingerprint density at radius 1 is 1.18 bits per heavy atom. The minimum absolute atomic E-state index is 0.246.